The van der Waals surface area contributed by atoms with Crippen molar-refractivity contribution < 1.29 is 9.18 Å². The van der Waals surface area contributed by atoms with E-state index in [2.05, 4.69) is 16.3 Å². The zero-order valence-corrected chi connectivity index (χ0v) is 16.1. The Morgan fingerprint density at radius 1 is 1.15 bits per heavy atom. The maximum absolute atomic E-state index is 13.6. The highest BCUT2D eigenvalue weighted by Gasteiger charge is 2.17. The van der Waals surface area contributed by atoms with E-state index >= 15 is 0 Å². The Balaban J connectivity index is 1.63. The van der Waals surface area contributed by atoms with E-state index in [1.54, 1.807) is 6.07 Å². The summed E-state index contributed by atoms with van der Waals surface area (Å²) in [6, 6.07) is 14.3. The van der Waals surface area contributed by atoms with Crippen LogP contribution in [0.4, 0.5) is 4.39 Å². The summed E-state index contributed by atoms with van der Waals surface area (Å²) in [5.74, 6) is -0.359. The van der Waals surface area contributed by atoms with Gasteiger partial charge in [0.1, 0.15) is 5.82 Å². The molecule has 1 saturated heterocycles. The molecule has 0 bridgehead atoms. The van der Waals surface area contributed by atoms with Gasteiger partial charge in [-0.3, -0.25) is 9.69 Å². The van der Waals surface area contributed by atoms with Crippen molar-refractivity contribution in [3.8, 4) is 0 Å². The predicted molar refractivity (Wildman–Crippen MR) is 106 cm³/mol. The standard InChI is InChI=1S/C22H28FN3O/c1-25(2)21(18-8-6-10-20(23)14-18)15-24-22(27)19-9-5-7-17(13-19)16-26-11-3-4-12-26/h5-10,13-14,21H,3-4,11-12,15-16H2,1-2H3,(H,24,27). The van der Waals surface area contributed by atoms with Gasteiger partial charge in [0.2, 0.25) is 0 Å². The molecule has 1 aliphatic rings. The maximum atomic E-state index is 13.6. The molecular formula is C22H28FN3O. The van der Waals surface area contributed by atoms with Gasteiger partial charge in [-0.2, -0.15) is 0 Å². The van der Waals surface area contributed by atoms with Gasteiger partial charge in [-0.15, -0.1) is 0 Å². The van der Waals surface area contributed by atoms with Crippen molar-refractivity contribution in [1.29, 1.82) is 0 Å². The molecule has 0 spiro atoms. The van der Waals surface area contributed by atoms with Crippen LogP contribution in [0.3, 0.4) is 0 Å². The fourth-order valence-electron chi connectivity index (χ4n) is 3.61. The van der Waals surface area contributed by atoms with Gasteiger partial charge in [0.05, 0.1) is 6.04 Å². The lowest BCUT2D eigenvalue weighted by atomic mass is 10.1. The normalized spacial score (nSPS) is 15.9. The van der Waals surface area contributed by atoms with Gasteiger partial charge < -0.3 is 10.2 Å². The second-order valence-electron chi connectivity index (χ2n) is 7.43. The molecule has 2 aromatic rings. The van der Waals surface area contributed by atoms with E-state index in [0.29, 0.717) is 12.1 Å². The molecule has 2 aromatic carbocycles. The number of benzene rings is 2. The Morgan fingerprint density at radius 3 is 2.59 bits per heavy atom. The molecule has 0 saturated carbocycles. The van der Waals surface area contributed by atoms with Crippen LogP contribution >= 0.6 is 0 Å². The monoisotopic (exact) mass is 369 g/mol. The first kappa shape index (κ1) is 19.5. The van der Waals surface area contributed by atoms with Crippen LogP contribution in [0.1, 0.15) is 40.4 Å². The maximum Gasteiger partial charge on any atom is 0.251 e. The van der Waals surface area contributed by atoms with Crippen LogP contribution in [0.5, 0.6) is 0 Å². The van der Waals surface area contributed by atoms with Gasteiger partial charge in [0.15, 0.2) is 0 Å². The second-order valence-corrected chi connectivity index (χ2v) is 7.43. The number of carbonyl (C=O) groups excluding carboxylic acids is 1. The molecule has 4 nitrogen and oxygen atoms in total. The lowest BCUT2D eigenvalue weighted by molar-refractivity contribution is 0.0941. The molecule has 3 rings (SSSR count). The largest absolute Gasteiger partial charge is 0.350 e. The third-order valence-corrected chi connectivity index (χ3v) is 5.11. The highest BCUT2D eigenvalue weighted by molar-refractivity contribution is 5.94. The van der Waals surface area contributed by atoms with E-state index < -0.39 is 0 Å². The minimum Gasteiger partial charge on any atom is -0.350 e. The van der Waals surface area contributed by atoms with Crippen molar-refractivity contribution in [3.05, 3.63) is 71.0 Å². The Hall–Kier alpha value is -2.24. The number of nitrogens with zero attached hydrogens (tertiary/aromatic N) is 2. The number of hydrogen-bond donors (Lipinski definition) is 1. The molecular weight excluding hydrogens is 341 g/mol. The van der Waals surface area contributed by atoms with Crippen LogP contribution in [-0.2, 0) is 6.54 Å². The van der Waals surface area contributed by atoms with Crippen LogP contribution in [0.25, 0.3) is 0 Å². The molecule has 0 aromatic heterocycles. The number of rotatable bonds is 7. The van der Waals surface area contributed by atoms with Gasteiger partial charge >= 0.3 is 0 Å². The SMILES string of the molecule is CN(C)C(CNC(=O)c1cccc(CN2CCCC2)c1)c1cccc(F)c1. The van der Waals surface area contributed by atoms with Gasteiger partial charge in [0.25, 0.3) is 5.91 Å². The van der Waals surface area contributed by atoms with Gasteiger partial charge in [0, 0.05) is 18.7 Å². The van der Waals surface area contributed by atoms with Crippen molar-refractivity contribution in [1.82, 2.24) is 15.1 Å². The molecule has 0 aliphatic carbocycles. The number of halogens is 1. The van der Waals surface area contributed by atoms with Crippen molar-refractivity contribution in [2.75, 3.05) is 33.7 Å². The number of nitrogens with one attached hydrogen (secondary N) is 1. The minimum atomic E-state index is -0.264. The number of hydrogen-bond acceptors (Lipinski definition) is 3. The molecule has 0 radical (unpaired) electrons. The average Bonchev–Trinajstić information content (AvgIpc) is 3.15. The summed E-state index contributed by atoms with van der Waals surface area (Å²) in [7, 11) is 3.86. The van der Waals surface area contributed by atoms with E-state index in [4.69, 9.17) is 0 Å². The smallest absolute Gasteiger partial charge is 0.251 e. The third-order valence-electron chi connectivity index (χ3n) is 5.11. The van der Waals surface area contributed by atoms with Crippen LogP contribution in [0.15, 0.2) is 48.5 Å². The van der Waals surface area contributed by atoms with E-state index in [0.717, 1.165) is 25.2 Å². The van der Waals surface area contributed by atoms with E-state index in [9.17, 15) is 9.18 Å². The van der Waals surface area contributed by atoms with Crippen LogP contribution in [0, 0.1) is 5.82 Å². The zero-order valence-electron chi connectivity index (χ0n) is 16.1. The van der Waals surface area contributed by atoms with E-state index in [1.165, 1.54) is 30.5 Å². The summed E-state index contributed by atoms with van der Waals surface area (Å²) in [5, 5.41) is 3.00. The van der Waals surface area contributed by atoms with Gasteiger partial charge in [-0.25, -0.2) is 4.39 Å². The van der Waals surface area contributed by atoms with Crippen LogP contribution in [0.2, 0.25) is 0 Å². The molecule has 1 amide bonds. The molecule has 27 heavy (non-hydrogen) atoms. The molecule has 1 atom stereocenters. The van der Waals surface area contributed by atoms with Gasteiger partial charge in [-0.05, 0) is 75.4 Å². The Bertz CT molecular complexity index is 772. The first-order valence-corrected chi connectivity index (χ1v) is 9.54. The minimum absolute atomic E-state index is 0.0857. The lowest BCUT2D eigenvalue weighted by Gasteiger charge is -2.25. The Kier molecular flexibility index (Phi) is 6.58. The summed E-state index contributed by atoms with van der Waals surface area (Å²) < 4.78 is 13.6. The number of likely N-dealkylation sites (N-methyl/N-ethyl adjacent to an activating group) is 1. The Labute approximate surface area is 161 Å². The van der Waals surface area contributed by atoms with E-state index in [-0.39, 0.29) is 17.8 Å². The highest BCUT2D eigenvalue weighted by Crippen LogP contribution is 2.19. The number of carbonyl (C=O) groups is 1. The predicted octanol–water partition coefficient (Wildman–Crippen LogP) is 3.45. The van der Waals surface area contributed by atoms with Crippen molar-refractivity contribution in [2.24, 2.45) is 0 Å². The average molecular weight is 369 g/mol. The summed E-state index contributed by atoms with van der Waals surface area (Å²) in [5.41, 5.74) is 2.69. The van der Waals surface area contributed by atoms with Crippen molar-refractivity contribution >= 4 is 5.91 Å². The molecule has 1 unspecified atom stereocenters. The third kappa shape index (κ3) is 5.37. The quantitative estimate of drug-likeness (QED) is 0.812. The van der Waals surface area contributed by atoms with Crippen molar-refractivity contribution in [3.63, 3.8) is 0 Å². The topological polar surface area (TPSA) is 35.6 Å². The Morgan fingerprint density at radius 2 is 1.89 bits per heavy atom. The molecule has 1 aliphatic heterocycles. The highest BCUT2D eigenvalue weighted by atomic mass is 19.1. The lowest BCUT2D eigenvalue weighted by Crippen LogP contribution is -2.34. The summed E-state index contributed by atoms with van der Waals surface area (Å²) >= 11 is 0. The zero-order chi connectivity index (χ0) is 19.2. The molecule has 5 heteroatoms. The van der Waals surface area contributed by atoms with Gasteiger partial charge in [-0.1, -0.05) is 24.3 Å². The molecule has 1 heterocycles. The summed E-state index contributed by atoms with van der Waals surface area (Å²) in [4.78, 5) is 17.0. The first-order valence-electron chi connectivity index (χ1n) is 9.54. The fraction of sp³-hybridized carbons (Fsp3) is 0.409. The summed E-state index contributed by atoms with van der Waals surface area (Å²) in [6.07, 6.45) is 2.51. The second kappa shape index (κ2) is 9.11. The number of likely N-dealkylation sites (tertiary alicyclic amines) is 1. The molecule has 1 N–H and O–H groups in total. The van der Waals surface area contributed by atoms with Crippen LogP contribution in [-0.4, -0.2) is 49.4 Å². The molecule has 144 valence electrons. The van der Waals surface area contributed by atoms with Crippen LogP contribution < -0.4 is 5.32 Å². The first-order chi connectivity index (χ1) is 13.0. The fourth-order valence-corrected chi connectivity index (χ4v) is 3.61. The molecule has 1 fully saturated rings. The van der Waals surface area contributed by atoms with Crippen molar-refractivity contribution in [2.45, 2.75) is 25.4 Å². The number of amides is 1. The van der Waals surface area contributed by atoms with E-state index in [1.807, 2.05) is 43.3 Å². The summed E-state index contributed by atoms with van der Waals surface area (Å²) in [6.45, 7) is 3.58.